The van der Waals surface area contributed by atoms with Crippen molar-refractivity contribution < 1.29 is 4.79 Å². The van der Waals surface area contributed by atoms with E-state index in [1.807, 2.05) is 24.2 Å². The summed E-state index contributed by atoms with van der Waals surface area (Å²) in [5, 5.41) is 3.14. The van der Waals surface area contributed by atoms with Gasteiger partial charge in [-0.3, -0.25) is 4.79 Å². The highest BCUT2D eigenvalue weighted by molar-refractivity contribution is 5.76. The normalized spacial score (nSPS) is 17.7. The predicted molar refractivity (Wildman–Crippen MR) is 91.6 cm³/mol. The van der Waals surface area contributed by atoms with Gasteiger partial charge in [-0.25, -0.2) is 15.0 Å². The van der Waals surface area contributed by atoms with Crippen LogP contribution in [0.3, 0.4) is 0 Å². The lowest BCUT2D eigenvalue weighted by Gasteiger charge is -2.34. The summed E-state index contributed by atoms with van der Waals surface area (Å²) >= 11 is 0. The third-order valence-corrected chi connectivity index (χ3v) is 4.42. The summed E-state index contributed by atoms with van der Waals surface area (Å²) in [6.45, 7) is 4.36. The van der Waals surface area contributed by atoms with E-state index in [1.165, 1.54) is 0 Å². The molecule has 7 nitrogen and oxygen atoms in total. The van der Waals surface area contributed by atoms with Gasteiger partial charge in [-0.15, -0.1) is 0 Å². The van der Waals surface area contributed by atoms with Gasteiger partial charge in [0.2, 0.25) is 11.9 Å². The minimum atomic E-state index is 0.230. The largest absolute Gasteiger partial charge is 0.354 e. The van der Waals surface area contributed by atoms with Gasteiger partial charge >= 0.3 is 0 Å². The fourth-order valence-corrected chi connectivity index (χ4v) is 3.17. The SMILES string of the molecule is Cc1nccn1C1CCCN(C(=O)CCCNc2ncccn2)C1. The molecule has 1 amide bonds. The molecule has 1 atom stereocenters. The van der Waals surface area contributed by atoms with Crippen LogP contribution in [0.1, 0.15) is 37.5 Å². The Morgan fingerprint density at radius 2 is 2.12 bits per heavy atom. The molecule has 1 aliphatic rings. The molecule has 1 unspecified atom stereocenters. The first-order chi connectivity index (χ1) is 11.7. The molecule has 7 heteroatoms. The second-order valence-electron chi connectivity index (χ2n) is 6.12. The molecular weight excluding hydrogens is 304 g/mol. The quantitative estimate of drug-likeness (QED) is 0.821. The van der Waals surface area contributed by atoms with Crippen LogP contribution >= 0.6 is 0 Å². The Kier molecular flexibility index (Phi) is 5.40. The second kappa shape index (κ2) is 7.90. The molecule has 0 saturated carbocycles. The summed E-state index contributed by atoms with van der Waals surface area (Å²) in [5.74, 6) is 1.85. The van der Waals surface area contributed by atoms with Gasteiger partial charge in [-0.1, -0.05) is 0 Å². The Morgan fingerprint density at radius 1 is 1.29 bits per heavy atom. The zero-order chi connectivity index (χ0) is 16.8. The van der Waals surface area contributed by atoms with Crippen molar-refractivity contribution in [2.75, 3.05) is 25.0 Å². The molecule has 0 spiro atoms. The van der Waals surface area contributed by atoms with Gasteiger partial charge in [-0.2, -0.15) is 0 Å². The van der Waals surface area contributed by atoms with Crippen molar-refractivity contribution in [2.45, 2.75) is 38.6 Å². The minimum Gasteiger partial charge on any atom is -0.354 e. The average Bonchev–Trinajstić information content (AvgIpc) is 3.05. The number of imidazole rings is 1. The Hall–Kier alpha value is -2.44. The van der Waals surface area contributed by atoms with Crippen molar-refractivity contribution in [3.8, 4) is 0 Å². The summed E-state index contributed by atoms with van der Waals surface area (Å²) in [6.07, 6.45) is 10.7. The van der Waals surface area contributed by atoms with Crippen molar-refractivity contribution >= 4 is 11.9 Å². The minimum absolute atomic E-state index is 0.230. The van der Waals surface area contributed by atoms with Gasteiger partial charge in [0.1, 0.15) is 5.82 Å². The van der Waals surface area contributed by atoms with Crippen LogP contribution in [0.4, 0.5) is 5.95 Å². The van der Waals surface area contributed by atoms with Gasteiger partial charge in [0, 0.05) is 50.8 Å². The van der Waals surface area contributed by atoms with Crippen molar-refractivity contribution in [3.05, 3.63) is 36.7 Å². The van der Waals surface area contributed by atoms with Crippen LogP contribution in [-0.2, 0) is 4.79 Å². The van der Waals surface area contributed by atoms with E-state index < -0.39 is 0 Å². The number of likely N-dealkylation sites (tertiary alicyclic amines) is 1. The van der Waals surface area contributed by atoms with Crippen molar-refractivity contribution in [1.82, 2.24) is 24.4 Å². The second-order valence-corrected chi connectivity index (χ2v) is 6.12. The summed E-state index contributed by atoms with van der Waals surface area (Å²) in [7, 11) is 0. The van der Waals surface area contributed by atoms with E-state index in [0.29, 0.717) is 25.0 Å². The van der Waals surface area contributed by atoms with Crippen molar-refractivity contribution in [1.29, 1.82) is 0 Å². The van der Waals surface area contributed by atoms with Gasteiger partial charge in [0.15, 0.2) is 0 Å². The average molecular weight is 328 g/mol. The fraction of sp³-hybridized carbons (Fsp3) is 0.529. The zero-order valence-corrected chi connectivity index (χ0v) is 14.1. The number of rotatable bonds is 6. The molecule has 128 valence electrons. The number of carbonyl (C=O) groups excluding carboxylic acids is 1. The fourth-order valence-electron chi connectivity index (χ4n) is 3.17. The molecule has 2 aromatic rings. The summed E-state index contributed by atoms with van der Waals surface area (Å²) in [6, 6.07) is 2.13. The first-order valence-corrected chi connectivity index (χ1v) is 8.52. The number of aromatic nitrogens is 4. The number of aryl methyl sites for hydroxylation is 1. The molecule has 1 fully saturated rings. The third kappa shape index (κ3) is 4.10. The summed E-state index contributed by atoms with van der Waals surface area (Å²) in [4.78, 5) is 26.9. The highest BCUT2D eigenvalue weighted by Gasteiger charge is 2.24. The standard InChI is InChI=1S/C17H24N6O/c1-14-18-10-12-23(14)15-5-3-11-22(13-15)16(24)6-2-7-19-17-20-8-4-9-21-17/h4,8-10,12,15H,2-3,5-7,11,13H2,1H3,(H,19,20,21). The highest BCUT2D eigenvalue weighted by atomic mass is 16.2. The first-order valence-electron chi connectivity index (χ1n) is 8.52. The highest BCUT2D eigenvalue weighted by Crippen LogP contribution is 2.23. The molecule has 1 aliphatic heterocycles. The van der Waals surface area contributed by atoms with Crippen LogP contribution < -0.4 is 5.32 Å². The molecule has 2 aromatic heterocycles. The molecule has 0 aliphatic carbocycles. The van der Waals surface area contributed by atoms with Crippen molar-refractivity contribution in [3.63, 3.8) is 0 Å². The molecule has 0 bridgehead atoms. The van der Waals surface area contributed by atoms with Crippen LogP contribution in [0.15, 0.2) is 30.9 Å². The van der Waals surface area contributed by atoms with Crippen LogP contribution in [0.5, 0.6) is 0 Å². The topological polar surface area (TPSA) is 75.9 Å². The number of piperidine rings is 1. The van der Waals surface area contributed by atoms with Crippen LogP contribution in [0, 0.1) is 6.92 Å². The maximum absolute atomic E-state index is 12.5. The molecule has 3 rings (SSSR count). The lowest BCUT2D eigenvalue weighted by molar-refractivity contribution is -0.132. The van der Waals surface area contributed by atoms with Crippen LogP contribution in [0.2, 0.25) is 0 Å². The van der Waals surface area contributed by atoms with Gasteiger partial charge in [-0.05, 0) is 32.3 Å². The molecular formula is C17H24N6O. The van der Waals surface area contributed by atoms with E-state index in [4.69, 9.17) is 0 Å². The molecule has 0 radical (unpaired) electrons. The zero-order valence-electron chi connectivity index (χ0n) is 14.1. The van der Waals surface area contributed by atoms with E-state index in [9.17, 15) is 4.79 Å². The third-order valence-electron chi connectivity index (χ3n) is 4.42. The summed E-state index contributed by atoms with van der Waals surface area (Å²) in [5.41, 5.74) is 0. The Labute approximate surface area is 142 Å². The van der Waals surface area contributed by atoms with E-state index in [-0.39, 0.29) is 5.91 Å². The Bertz CT molecular complexity index is 656. The van der Waals surface area contributed by atoms with E-state index >= 15 is 0 Å². The Balaban J connectivity index is 1.44. The maximum Gasteiger partial charge on any atom is 0.222 e. The number of hydrogen-bond donors (Lipinski definition) is 1. The Morgan fingerprint density at radius 3 is 2.88 bits per heavy atom. The van der Waals surface area contributed by atoms with Crippen LogP contribution in [0.25, 0.3) is 0 Å². The van der Waals surface area contributed by atoms with Crippen LogP contribution in [-0.4, -0.2) is 50.0 Å². The smallest absolute Gasteiger partial charge is 0.222 e. The predicted octanol–water partition coefficient (Wildman–Crippen LogP) is 2.04. The number of hydrogen-bond acceptors (Lipinski definition) is 5. The monoisotopic (exact) mass is 328 g/mol. The van der Waals surface area contributed by atoms with Gasteiger partial charge in [0.05, 0.1) is 6.04 Å². The lowest BCUT2D eigenvalue weighted by Crippen LogP contribution is -2.40. The molecule has 3 heterocycles. The molecule has 24 heavy (non-hydrogen) atoms. The van der Waals surface area contributed by atoms with Gasteiger partial charge < -0.3 is 14.8 Å². The maximum atomic E-state index is 12.5. The summed E-state index contributed by atoms with van der Waals surface area (Å²) < 4.78 is 2.19. The number of carbonyl (C=O) groups is 1. The van der Waals surface area contributed by atoms with E-state index in [0.717, 1.165) is 38.2 Å². The molecule has 1 saturated heterocycles. The van der Waals surface area contributed by atoms with Crippen molar-refractivity contribution in [2.24, 2.45) is 0 Å². The van der Waals surface area contributed by atoms with E-state index in [1.54, 1.807) is 18.5 Å². The molecule has 0 aromatic carbocycles. The first kappa shape index (κ1) is 16.4. The molecule has 1 N–H and O–H groups in total. The number of anilines is 1. The van der Waals surface area contributed by atoms with E-state index in [2.05, 4.69) is 24.8 Å². The number of nitrogens with one attached hydrogen (secondary N) is 1. The number of amides is 1. The lowest BCUT2D eigenvalue weighted by atomic mass is 10.0. The number of nitrogens with zero attached hydrogens (tertiary/aromatic N) is 5. The van der Waals surface area contributed by atoms with Gasteiger partial charge in [0.25, 0.3) is 0 Å².